The highest BCUT2D eigenvalue weighted by Crippen LogP contribution is 2.30. The second-order valence-corrected chi connectivity index (χ2v) is 5.96. The normalized spacial score (nSPS) is 19.2. The highest BCUT2D eigenvalue weighted by atomic mass is 35.5. The average molecular weight is 363 g/mol. The molecule has 0 spiro atoms. The van der Waals surface area contributed by atoms with Crippen LogP contribution in [-0.2, 0) is 0 Å². The van der Waals surface area contributed by atoms with E-state index in [0.29, 0.717) is 30.2 Å². The number of carbonyl (C=O) groups is 1. The summed E-state index contributed by atoms with van der Waals surface area (Å²) < 4.78 is 10.6. The summed E-state index contributed by atoms with van der Waals surface area (Å²) in [6, 6.07) is 15.3. The fourth-order valence-corrected chi connectivity index (χ4v) is 3.20. The zero-order valence-electron chi connectivity index (χ0n) is 14.3. The maximum atomic E-state index is 13.0. The van der Waals surface area contributed by atoms with Crippen molar-refractivity contribution in [1.29, 1.82) is 0 Å². The molecule has 134 valence electrons. The van der Waals surface area contributed by atoms with E-state index >= 15 is 0 Å². The monoisotopic (exact) mass is 362 g/mol. The molecular formula is C19H23ClN2O3. The first kappa shape index (κ1) is 19.1. The number of nitrogens with zero attached hydrogens (tertiary/aromatic N) is 1. The Balaban J connectivity index is 0.00000225. The summed E-state index contributed by atoms with van der Waals surface area (Å²) in [5.41, 5.74) is 7.96. The topological polar surface area (TPSA) is 64.8 Å². The van der Waals surface area contributed by atoms with E-state index in [1.54, 1.807) is 37.3 Å². The molecule has 0 aromatic heterocycles. The zero-order chi connectivity index (χ0) is 17.1. The lowest BCUT2D eigenvalue weighted by atomic mass is 9.95. The van der Waals surface area contributed by atoms with Gasteiger partial charge in [-0.3, -0.25) is 4.79 Å². The number of hydrogen-bond donors (Lipinski definition) is 1. The van der Waals surface area contributed by atoms with E-state index < -0.39 is 0 Å². The number of amides is 1. The van der Waals surface area contributed by atoms with Gasteiger partial charge in [-0.25, -0.2) is 0 Å². The van der Waals surface area contributed by atoms with Crippen LogP contribution in [0.1, 0.15) is 21.8 Å². The van der Waals surface area contributed by atoms with Gasteiger partial charge in [0.1, 0.15) is 11.5 Å². The first-order valence-corrected chi connectivity index (χ1v) is 7.96. The molecule has 2 aromatic rings. The summed E-state index contributed by atoms with van der Waals surface area (Å²) in [5.74, 6) is 1.23. The number of benzene rings is 2. The smallest absolute Gasteiger partial charge is 0.257 e. The summed E-state index contributed by atoms with van der Waals surface area (Å²) in [5, 5.41) is 0. The molecule has 0 unspecified atom stereocenters. The second kappa shape index (κ2) is 8.23. The molecule has 0 radical (unpaired) electrons. The van der Waals surface area contributed by atoms with Crippen molar-refractivity contribution in [3.05, 3.63) is 59.7 Å². The Bertz CT molecular complexity index is 724. The van der Waals surface area contributed by atoms with Gasteiger partial charge < -0.3 is 20.1 Å². The van der Waals surface area contributed by atoms with Gasteiger partial charge >= 0.3 is 0 Å². The van der Waals surface area contributed by atoms with Crippen LogP contribution in [0.25, 0.3) is 0 Å². The van der Waals surface area contributed by atoms with E-state index in [0.717, 1.165) is 5.56 Å². The molecule has 0 saturated carbocycles. The molecule has 3 rings (SSSR count). The second-order valence-electron chi connectivity index (χ2n) is 5.96. The number of nitrogens with two attached hydrogens (primary N) is 1. The van der Waals surface area contributed by atoms with E-state index in [2.05, 4.69) is 12.1 Å². The van der Waals surface area contributed by atoms with E-state index in [-0.39, 0.29) is 30.3 Å². The van der Waals surface area contributed by atoms with Crippen LogP contribution >= 0.6 is 12.4 Å². The van der Waals surface area contributed by atoms with E-state index in [1.807, 2.05) is 18.2 Å². The lowest BCUT2D eigenvalue weighted by molar-refractivity contribution is 0.0785. The molecule has 0 bridgehead atoms. The fourth-order valence-electron chi connectivity index (χ4n) is 3.20. The van der Waals surface area contributed by atoms with Gasteiger partial charge in [0.05, 0.1) is 19.8 Å². The van der Waals surface area contributed by atoms with Gasteiger partial charge in [0.15, 0.2) is 0 Å². The highest BCUT2D eigenvalue weighted by Gasteiger charge is 2.35. The van der Waals surface area contributed by atoms with Crippen molar-refractivity contribution in [1.82, 2.24) is 4.90 Å². The van der Waals surface area contributed by atoms with Crippen LogP contribution in [0, 0.1) is 0 Å². The van der Waals surface area contributed by atoms with Crippen molar-refractivity contribution in [2.45, 2.75) is 12.0 Å². The minimum absolute atomic E-state index is 0. The zero-order valence-corrected chi connectivity index (χ0v) is 15.2. The third kappa shape index (κ3) is 3.89. The molecule has 2 N–H and O–H groups in total. The van der Waals surface area contributed by atoms with Crippen LogP contribution < -0.4 is 15.2 Å². The van der Waals surface area contributed by atoms with Gasteiger partial charge in [-0.2, -0.15) is 0 Å². The molecule has 2 atom stereocenters. The van der Waals surface area contributed by atoms with Crippen LogP contribution in [0.3, 0.4) is 0 Å². The lowest BCUT2D eigenvalue weighted by Gasteiger charge is -2.18. The number of ether oxygens (including phenoxy) is 2. The van der Waals surface area contributed by atoms with Gasteiger partial charge in [0.2, 0.25) is 0 Å². The SMILES string of the molecule is COc1ccc(OC)c(C(=O)N2C[C@@H](N)[C@H](c3ccccc3)C2)c1.Cl. The first-order valence-electron chi connectivity index (χ1n) is 7.96. The number of carbonyl (C=O) groups excluding carboxylic acids is 1. The maximum absolute atomic E-state index is 13.0. The Labute approximate surface area is 154 Å². The van der Waals surface area contributed by atoms with E-state index in [9.17, 15) is 4.79 Å². The van der Waals surface area contributed by atoms with Crippen molar-refractivity contribution >= 4 is 18.3 Å². The lowest BCUT2D eigenvalue weighted by Crippen LogP contribution is -2.32. The first-order chi connectivity index (χ1) is 11.6. The number of methoxy groups -OCH3 is 2. The van der Waals surface area contributed by atoms with Crippen LogP contribution in [-0.4, -0.2) is 44.2 Å². The number of rotatable bonds is 4. The summed E-state index contributed by atoms with van der Waals surface area (Å²) in [4.78, 5) is 14.7. The molecule has 5 nitrogen and oxygen atoms in total. The predicted molar refractivity (Wildman–Crippen MR) is 99.9 cm³/mol. The van der Waals surface area contributed by atoms with Crippen LogP contribution in [0.2, 0.25) is 0 Å². The Morgan fingerprint density at radius 3 is 2.44 bits per heavy atom. The Morgan fingerprint density at radius 1 is 1.08 bits per heavy atom. The third-order valence-corrected chi connectivity index (χ3v) is 4.52. The maximum Gasteiger partial charge on any atom is 0.257 e. The van der Waals surface area contributed by atoms with Crippen molar-refractivity contribution < 1.29 is 14.3 Å². The molecule has 1 aliphatic heterocycles. The highest BCUT2D eigenvalue weighted by molar-refractivity contribution is 5.97. The molecule has 0 aliphatic carbocycles. The van der Waals surface area contributed by atoms with Crippen molar-refractivity contribution in [3.63, 3.8) is 0 Å². The Kier molecular flexibility index (Phi) is 6.28. The molecule has 2 aromatic carbocycles. The van der Waals surface area contributed by atoms with Gasteiger partial charge in [0, 0.05) is 25.0 Å². The third-order valence-electron chi connectivity index (χ3n) is 4.52. The summed E-state index contributed by atoms with van der Waals surface area (Å²) >= 11 is 0. The fraction of sp³-hybridized carbons (Fsp3) is 0.316. The quantitative estimate of drug-likeness (QED) is 0.908. The van der Waals surface area contributed by atoms with E-state index in [1.165, 1.54) is 0 Å². The van der Waals surface area contributed by atoms with Gasteiger partial charge in [-0.1, -0.05) is 30.3 Å². The number of likely N-dealkylation sites (tertiary alicyclic amines) is 1. The molecule has 6 heteroatoms. The minimum Gasteiger partial charge on any atom is -0.497 e. The van der Waals surface area contributed by atoms with Crippen molar-refractivity contribution in [2.75, 3.05) is 27.3 Å². The molecule has 1 amide bonds. The summed E-state index contributed by atoms with van der Waals surface area (Å²) in [7, 11) is 3.13. The van der Waals surface area contributed by atoms with Crippen molar-refractivity contribution in [2.24, 2.45) is 5.73 Å². The molecule has 1 saturated heterocycles. The van der Waals surface area contributed by atoms with E-state index in [4.69, 9.17) is 15.2 Å². The van der Waals surface area contributed by atoms with Gasteiger partial charge in [-0.05, 0) is 23.8 Å². The standard InChI is InChI=1S/C19H22N2O3.ClH/c1-23-14-8-9-18(24-2)15(10-14)19(22)21-11-16(17(20)12-21)13-6-4-3-5-7-13;/h3-10,16-17H,11-12,20H2,1-2H3;1H/t16-,17+;/m0./s1. The molecule has 1 heterocycles. The van der Waals surface area contributed by atoms with Crippen LogP contribution in [0.15, 0.2) is 48.5 Å². The molecule has 1 aliphatic rings. The van der Waals surface area contributed by atoms with Crippen LogP contribution in [0.4, 0.5) is 0 Å². The average Bonchev–Trinajstić information content (AvgIpc) is 3.03. The van der Waals surface area contributed by atoms with Gasteiger partial charge in [0.25, 0.3) is 5.91 Å². The van der Waals surface area contributed by atoms with Gasteiger partial charge in [-0.15, -0.1) is 12.4 Å². The molecule has 1 fully saturated rings. The number of hydrogen-bond acceptors (Lipinski definition) is 4. The largest absolute Gasteiger partial charge is 0.497 e. The predicted octanol–water partition coefficient (Wildman–Crippen LogP) is 2.69. The van der Waals surface area contributed by atoms with Crippen LogP contribution in [0.5, 0.6) is 11.5 Å². The summed E-state index contributed by atoms with van der Waals surface area (Å²) in [6.45, 7) is 1.13. The number of halogens is 1. The Morgan fingerprint density at radius 2 is 1.80 bits per heavy atom. The van der Waals surface area contributed by atoms with Crippen molar-refractivity contribution in [3.8, 4) is 11.5 Å². The molecular weight excluding hydrogens is 340 g/mol. The molecule has 25 heavy (non-hydrogen) atoms. The minimum atomic E-state index is -0.0837. The summed E-state index contributed by atoms with van der Waals surface area (Å²) in [6.07, 6.45) is 0. The Hall–Kier alpha value is -2.24.